The van der Waals surface area contributed by atoms with Gasteiger partial charge in [-0.2, -0.15) is 10.1 Å². The molecule has 0 radical (unpaired) electrons. The third kappa shape index (κ3) is 2.20. The largest absolute Gasteiger partial charge is 0.420 e. The Balaban J connectivity index is 2.10. The minimum Gasteiger partial charge on any atom is -0.420 e. The summed E-state index contributed by atoms with van der Waals surface area (Å²) >= 11 is 1.61. The molecule has 0 saturated heterocycles. The van der Waals surface area contributed by atoms with Crippen LogP contribution in [0.2, 0.25) is 0 Å². The van der Waals surface area contributed by atoms with E-state index in [2.05, 4.69) is 28.1 Å². The standard InChI is InChI=1S/C13H15N5OS/c1-4-8-6-9-11(15-13(14)16-12(9)20-8)19-10-5-7(2)17-18(10)3/h5-6H,4H2,1-3H3,(H2,14,15,16). The second kappa shape index (κ2) is 4.75. The van der Waals surface area contributed by atoms with Gasteiger partial charge in [0.1, 0.15) is 4.83 Å². The van der Waals surface area contributed by atoms with Crippen LogP contribution in [0.15, 0.2) is 12.1 Å². The van der Waals surface area contributed by atoms with Crippen molar-refractivity contribution in [1.29, 1.82) is 0 Å². The maximum Gasteiger partial charge on any atom is 0.234 e. The molecule has 0 fully saturated rings. The highest BCUT2D eigenvalue weighted by molar-refractivity contribution is 7.18. The van der Waals surface area contributed by atoms with Gasteiger partial charge in [0.05, 0.1) is 11.1 Å². The molecule has 3 aromatic heterocycles. The third-order valence-corrected chi connectivity index (χ3v) is 4.11. The number of ether oxygens (including phenoxy) is 1. The average molecular weight is 289 g/mol. The molecule has 104 valence electrons. The second-order valence-corrected chi connectivity index (χ2v) is 5.64. The van der Waals surface area contributed by atoms with Crippen molar-refractivity contribution in [3.05, 3.63) is 22.7 Å². The molecule has 7 heteroatoms. The zero-order chi connectivity index (χ0) is 14.3. The molecule has 0 aromatic carbocycles. The number of anilines is 1. The van der Waals surface area contributed by atoms with E-state index in [4.69, 9.17) is 10.5 Å². The van der Waals surface area contributed by atoms with E-state index in [1.165, 1.54) is 4.88 Å². The van der Waals surface area contributed by atoms with Crippen molar-refractivity contribution < 1.29 is 4.74 Å². The zero-order valence-corrected chi connectivity index (χ0v) is 12.4. The molecule has 20 heavy (non-hydrogen) atoms. The quantitative estimate of drug-likeness (QED) is 0.802. The number of nitrogens with two attached hydrogens (primary N) is 1. The minimum atomic E-state index is 0.218. The van der Waals surface area contributed by atoms with E-state index in [0.29, 0.717) is 11.8 Å². The SMILES string of the molecule is CCc1cc2c(Oc3cc(C)nn3C)nc(N)nc2s1. The molecule has 6 nitrogen and oxygen atoms in total. The molecule has 0 saturated carbocycles. The molecular formula is C13H15N5OS. The Bertz CT molecular complexity index is 777. The van der Waals surface area contributed by atoms with Gasteiger partial charge in [0.2, 0.25) is 17.7 Å². The van der Waals surface area contributed by atoms with E-state index in [0.717, 1.165) is 22.3 Å². The van der Waals surface area contributed by atoms with Crippen LogP contribution < -0.4 is 10.5 Å². The van der Waals surface area contributed by atoms with Crippen LogP contribution in [0.3, 0.4) is 0 Å². The Hall–Kier alpha value is -2.15. The Morgan fingerprint density at radius 1 is 1.35 bits per heavy atom. The summed E-state index contributed by atoms with van der Waals surface area (Å²) in [6.45, 7) is 4.02. The number of fused-ring (bicyclic) bond motifs is 1. The van der Waals surface area contributed by atoms with Crippen LogP contribution in [0.5, 0.6) is 11.8 Å². The van der Waals surface area contributed by atoms with Crippen molar-refractivity contribution in [3.63, 3.8) is 0 Å². The fourth-order valence-corrected chi connectivity index (χ4v) is 2.96. The van der Waals surface area contributed by atoms with Gasteiger partial charge in [-0.25, -0.2) is 9.67 Å². The van der Waals surface area contributed by atoms with E-state index in [-0.39, 0.29) is 5.95 Å². The molecule has 0 bridgehead atoms. The van der Waals surface area contributed by atoms with Crippen molar-refractivity contribution in [2.24, 2.45) is 7.05 Å². The first-order valence-electron chi connectivity index (χ1n) is 6.31. The molecule has 0 spiro atoms. The number of thiophene rings is 1. The van der Waals surface area contributed by atoms with Gasteiger partial charge in [0.25, 0.3) is 0 Å². The maximum absolute atomic E-state index is 5.86. The lowest BCUT2D eigenvalue weighted by molar-refractivity contribution is 0.420. The van der Waals surface area contributed by atoms with Gasteiger partial charge in [-0.3, -0.25) is 0 Å². The molecule has 0 amide bonds. The van der Waals surface area contributed by atoms with Crippen molar-refractivity contribution in [2.75, 3.05) is 5.73 Å². The van der Waals surface area contributed by atoms with Crippen molar-refractivity contribution in [2.45, 2.75) is 20.3 Å². The van der Waals surface area contributed by atoms with Crippen molar-refractivity contribution in [1.82, 2.24) is 19.7 Å². The van der Waals surface area contributed by atoms with E-state index >= 15 is 0 Å². The lowest BCUT2D eigenvalue weighted by Gasteiger charge is -2.05. The molecule has 0 atom stereocenters. The fraction of sp³-hybridized carbons (Fsp3) is 0.308. The summed E-state index contributed by atoms with van der Waals surface area (Å²) in [5, 5.41) is 5.14. The van der Waals surface area contributed by atoms with Crippen LogP contribution in [0.4, 0.5) is 5.95 Å². The Kier molecular flexibility index (Phi) is 3.06. The first kappa shape index (κ1) is 12.9. The Labute approximate surface area is 120 Å². The first-order valence-corrected chi connectivity index (χ1v) is 7.13. The maximum atomic E-state index is 5.86. The van der Waals surface area contributed by atoms with Gasteiger partial charge in [0.15, 0.2) is 0 Å². The summed E-state index contributed by atoms with van der Waals surface area (Å²) in [4.78, 5) is 10.5. The van der Waals surface area contributed by atoms with Gasteiger partial charge in [-0.05, 0) is 19.4 Å². The molecule has 3 rings (SSSR count). The van der Waals surface area contributed by atoms with Gasteiger partial charge in [-0.1, -0.05) is 6.92 Å². The highest BCUT2D eigenvalue weighted by atomic mass is 32.1. The number of nitrogens with zero attached hydrogens (tertiary/aromatic N) is 4. The van der Waals surface area contributed by atoms with Crippen molar-refractivity contribution >= 4 is 27.5 Å². The van der Waals surface area contributed by atoms with Crippen LogP contribution in [-0.4, -0.2) is 19.7 Å². The molecular weight excluding hydrogens is 274 g/mol. The highest BCUT2D eigenvalue weighted by Crippen LogP contribution is 2.33. The molecule has 3 heterocycles. The summed E-state index contributed by atoms with van der Waals surface area (Å²) in [5.41, 5.74) is 6.64. The van der Waals surface area contributed by atoms with Crippen LogP contribution in [0.1, 0.15) is 17.5 Å². The van der Waals surface area contributed by atoms with Gasteiger partial charge < -0.3 is 10.5 Å². The van der Waals surface area contributed by atoms with Crippen molar-refractivity contribution in [3.8, 4) is 11.8 Å². The minimum absolute atomic E-state index is 0.218. The lowest BCUT2D eigenvalue weighted by atomic mass is 10.3. The number of hydrogen-bond acceptors (Lipinski definition) is 6. The Morgan fingerprint density at radius 2 is 2.15 bits per heavy atom. The van der Waals surface area contributed by atoms with E-state index in [9.17, 15) is 0 Å². The summed E-state index contributed by atoms with van der Waals surface area (Å²) in [5.74, 6) is 1.33. The second-order valence-electron chi connectivity index (χ2n) is 4.52. The average Bonchev–Trinajstić information content (AvgIpc) is 2.93. The Morgan fingerprint density at radius 3 is 2.80 bits per heavy atom. The first-order chi connectivity index (χ1) is 9.56. The fourth-order valence-electron chi connectivity index (χ4n) is 1.99. The molecule has 2 N–H and O–H groups in total. The summed E-state index contributed by atoms with van der Waals surface area (Å²) in [6, 6.07) is 3.91. The van der Waals surface area contributed by atoms with Crippen LogP contribution in [-0.2, 0) is 13.5 Å². The number of nitrogen functional groups attached to an aromatic ring is 1. The molecule has 0 aliphatic carbocycles. The monoisotopic (exact) mass is 289 g/mol. The highest BCUT2D eigenvalue weighted by Gasteiger charge is 2.14. The van der Waals surface area contributed by atoms with E-state index in [1.807, 2.05) is 20.0 Å². The van der Waals surface area contributed by atoms with E-state index in [1.54, 1.807) is 16.0 Å². The van der Waals surface area contributed by atoms with Gasteiger partial charge in [0, 0.05) is 18.0 Å². The smallest absolute Gasteiger partial charge is 0.234 e. The van der Waals surface area contributed by atoms with Gasteiger partial charge in [-0.15, -0.1) is 11.3 Å². The van der Waals surface area contributed by atoms with Crippen LogP contribution in [0.25, 0.3) is 10.2 Å². The summed E-state index contributed by atoms with van der Waals surface area (Å²) in [6.07, 6.45) is 0.950. The predicted molar refractivity (Wildman–Crippen MR) is 79.2 cm³/mol. The number of aromatic nitrogens is 4. The molecule has 0 aliphatic heterocycles. The van der Waals surface area contributed by atoms with Gasteiger partial charge >= 0.3 is 0 Å². The number of rotatable bonds is 3. The summed E-state index contributed by atoms with van der Waals surface area (Å²) in [7, 11) is 1.83. The van der Waals surface area contributed by atoms with Crippen LogP contribution in [0, 0.1) is 6.92 Å². The third-order valence-electron chi connectivity index (χ3n) is 2.93. The lowest BCUT2D eigenvalue weighted by Crippen LogP contribution is -2.00. The zero-order valence-electron chi connectivity index (χ0n) is 11.5. The normalized spacial score (nSPS) is 11.2. The van der Waals surface area contributed by atoms with E-state index < -0.39 is 0 Å². The number of hydrogen-bond donors (Lipinski definition) is 1. The predicted octanol–water partition coefficient (Wildman–Crippen LogP) is 2.67. The number of aryl methyl sites for hydroxylation is 3. The molecule has 3 aromatic rings. The summed E-state index contributed by atoms with van der Waals surface area (Å²) < 4.78 is 7.53. The molecule has 0 aliphatic rings. The van der Waals surface area contributed by atoms with Crippen LogP contribution >= 0.6 is 11.3 Å². The molecule has 0 unspecified atom stereocenters. The topological polar surface area (TPSA) is 78.8 Å².